The third-order valence-electron chi connectivity index (χ3n) is 2.49. The summed E-state index contributed by atoms with van der Waals surface area (Å²) in [5, 5.41) is 0. The molecule has 1 aromatic rings. The Labute approximate surface area is 121 Å². The van der Waals surface area contributed by atoms with Crippen molar-refractivity contribution in [2.45, 2.75) is 25.2 Å². The minimum atomic E-state index is -0.389. The van der Waals surface area contributed by atoms with Crippen molar-refractivity contribution in [3.05, 3.63) is 35.9 Å². The van der Waals surface area contributed by atoms with Gasteiger partial charge in [0, 0.05) is 6.54 Å². The Kier molecular flexibility index (Phi) is 6.56. The van der Waals surface area contributed by atoms with E-state index in [1.54, 1.807) is 13.8 Å². The minimum Gasteiger partial charge on any atom is -0.465 e. The topological polar surface area (TPSA) is 46.6 Å². The molecule has 0 bridgehead atoms. The van der Waals surface area contributed by atoms with Gasteiger partial charge < -0.3 is 9.64 Å². The summed E-state index contributed by atoms with van der Waals surface area (Å²) in [7, 11) is 0. The first kappa shape index (κ1) is 15.7. The van der Waals surface area contributed by atoms with Crippen LogP contribution in [0.15, 0.2) is 30.3 Å². The smallest absolute Gasteiger partial charge is 0.325 e. The number of hydrogen-bond acceptors (Lipinski definition) is 3. The molecule has 0 saturated carbocycles. The molecule has 19 heavy (non-hydrogen) atoms. The molecule has 0 fully saturated rings. The van der Waals surface area contributed by atoms with Gasteiger partial charge in [-0.25, -0.2) is 0 Å². The molecule has 0 N–H and O–H groups in total. The van der Waals surface area contributed by atoms with Gasteiger partial charge in [0.25, 0.3) is 0 Å². The lowest BCUT2D eigenvalue weighted by molar-refractivity contribution is -0.149. The van der Waals surface area contributed by atoms with Gasteiger partial charge in [0.15, 0.2) is 0 Å². The highest BCUT2D eigenvalue weighted by molar-refractivity contribution is 9.10. The zero-order valence-electron chi connectivity index (χ0n) is 11.1. The number of carbonyl (C=O) groups is 2. The summed E-state index contributed by atoms with van der Waals surface area (Å²) in [6, 6.07) is 9.56. The Morgan fingerprint density at radius 1 is 1.32 bits per heavy atom. The van der Waals surface area contributed by atoms with Crippen molar-refractivity contribution in [2.75, 3.05) is 13.2 Å². The normalized spacial score (nSPS) is 11.7. The van der Waals surface area contributed by atoms with E-state index < -0.39 is 0 Å². The van der Waals surface area contributed by atoms with E-state index in [1.165, 1.54) is 4.90 Å². The highest BCUT2D eigenvalue weighted by Gasteiger charge is 2.21. The third kappa shape index (κ3) is 5.42. The minimum absolute atomic E-state index is 0.0303. The molecule has 1 unspecified atom stereocenters. The molecule has 0 radical (unpaired) electrons. The van der Waals surface area contributed by atoms with Crippen LogP contribution in [0, 0.1) is 0 Å². The van der Waals surface area contributed by atoms with Crippen molar-refractivity contribution in [2.24, 2.45) is 0 Å². The molecule has 0 aliphatic carbocycles. The van der Waals surface area contributed by atoms with Gasteiger partial charge in [0.05, 0.1) is 11.4 Å². The fourth-order valence-electron chi connectivity index (χ4n) is 1.63. The van der Waals surface area contributed by atoms with Crippen molar-refractivity contribution >= 4 is 27.8 Å². The number of esters is 1. The predicted molar refractivity (Wildman–Crippen MR) is 76.9 cm³/mol. The largest absolute Gasteiger partial charge is 0.465 e. The molecule has 104 valence electrons. The van der Waals surface area contributed by atoms with E-state index in [-0.39, 0.29) is 23.2 Å². The lowest BCUT2D eigenvalue weighted by Crippen LogP contribution is -2.39. The number of ether oxygens (including phenoxy) is 1. The van der Waals surface area contributed by atoms with Crippen molar-refractivity contribution < 1.29 is 14.3 Å². The van der Waals surface area contributed by atoms with E-state index in [0.29, 0.717) is 13.2 Å². The third-order valence-corrected chi connectivity index (χ3v) is 2.89. The summed E-state index contributed by atoms with van der Waals surface area (Å²) in [4.78, 5) is 24.8. The first-order valence-corrected chi connectivity index (χ1v) is 7.08. The van der Waals surface area contributed by atoms with Gasteiger partial charge in [-0.15, -0.1) is 0 Å². The monoisotopic (exact) mass is 327 g/mol. The fourth-order valence-corrected chi connectivity index (χ4v) is 1.92. The quantitative estimate of drug-likeness (QED) is 0.595. The summed E-state index contributed by atoms with van der Waals surface area (Å²) in [6.07, 6.45) is 0. The standard InChI is InChI=1S/C14H18BrNO3/c1-3-19-13(17)10-16(14(18)11(2)15)9-12-7-5-4-6-8-12/h4-8,11H,3,9-10H2,1-2H3. The second-order valence-corrected chi connectivity index (χ2v) is 5.47. The van der Waals surface area contributed by atoms with Crippen LogP contribution in [-0.4, -0.2) is 34.8 Å². The maximum absolute atomic E-state index is 12.1. The summed E-state index contributed by atoms with van der Waals surface area (Å²) in [5.74, 6) is -0.517. The Balaban J connectivity index is 2.75. The maximum atomic E-state index is 12.1. The molecule has 1 atom stereocenters. The number of benzene rings is 1. The van der Waals surface area contributed by atoms with Crippen LogP contribution in [0.3, 0.4) is 0 Å². The molecule has 0 saturated heterocycles. The van der Waals surface area contributed by atoms with Gasteiger partial charge >= 0.3 is 5.97 Å². The average Bonchev–Trinajstić information content (AvgIpc) is 2.38. The molecular weight excluding hydrogens is 310 g/mol. The molecule has 5 heteroatoms. The maximum Gasteiger partial charge on any atom is 0.325 e. The van der Waals surface area contributed by atoms with Crippen molar-refractivity contribution in [3.8, 4) is 0 Å². The fraction of sp³-hybridized carbons (Fsp3) is 0.429. The molecule has 1 aromatic carbocycles. The highest BCUT2D eigenvalue weighted by atomic mass is 79.9. The van der Waals surface area contributed by atoms with E-state index in [1.807, 2.05) is 30.3 Å². The van der Waals surface area contributed by atoms with E-state index in [2.05, 4.69) is 15.9 Å². The van der Waals surface area contributed by atoms with Gasteiger partial charge in [0.2, 0.25) is 5.91 Å². The number of hydrogen-bond donors (Lipinski definition) is 0. The first-order valence-electron chi connectivity index (χ1n) is 6.17. The first-order chi connectivity index (χ1) is 9.04. The van der Waals surface area contributed by atoms with Crippen LogP contribution < -0.4 is 0 Å². The Morgan fingerprint density at radius 3 is 2.47 bits per heavy atom. The second kappa shape index (κ2) is 7.94. The Bertz CT molecular complexity index is 420. The SMILES string of the molecule is CCOC(=O)CN(Cc1ccccc1)C(=O)C(C)Br. The molecular formula is C14H18BrNO3. The average molecular weight is 328 g/mol. The van der Waals surface area contributed by atoms with Crippen molar-refractivity contribution in [1.82, 2.24) is 4.90 Å². The van der Waals surface area contributed by atoms with Crippen LogP contribution in [0.5, 0.6) is 0 Å². The lowest BCUT2D eigenvalue weighted by atomic mass is 10.2. The van der Waals surface area contributed by atoms with Crippen molar-refractivity contribution in [3.63, 3.8) is 0 Å². The van der Waals surface area contributed by atoms with Gasteiger partial charge in [-0.1, -0.05) is 46.3 Å². The van der Waals surface area contributed by atoms with Crippen LogP contribution >= 0.6 is 15.9 Å². The molecule has 0 aliphatic heterocycles. The van der Waals surface area contributed by atoms with Crippen LogP contribution in [0.2, 0.25) is 0 Å². The summed E-state index contributed by atoms with van der Waals surface area (Å²) in [5.41, 5.74) is 0.980. The lowest BCUT2D eigenvalue weighted by Gasteiger charge is -2.23. The van der Waals surface area contributed by atoms with Gasteiger partial charge in [-0.3, -0.25) is 9.59 Å². The molecule has 0 aromatic heterocycles. The zero-order valence-corrected chi connectivity index (χ0v) is 12.7. The van der Waals surface area contributed by atoms with E-state index in [0.717, 1.165) is 5.56 Å². The van der Waals surface area contributed by atoms with Gasteiger partial charge in [0.1, 0.15) is 6.54 Å². The number of rotatable bonds is 6. The van der Waals surface area contributed by atoms with Crippen LogP contribution in [0.25, 0.3) is 0 Å². The van der Waals surface area contributed by atoms with Crippen LogP contribution in [-0.2, 0) is 20.9 Å². The number of halogens is 1. The highest BCUT2D eigenvalue weighted by Crippen LogP contribution is 2.10. The summed E-state index contributed by atoms with van der Waals surface area (Å²) in [6.45, 7) is 4.17. The van der Waals surface area contributed by atoms with Crippen molar-refractivity contribution in [1.29, 1.82) is 0 Å². The number of alkyl halides is 1. The van der Waals surface area contributed by atoms with Gasteiger partial charge in [-0.2, -0.15) is 0 Å². The van der Waals surface area contributed by atoms with Crippen LogP contribution in [0.4, 0.5) is 0 Å². The summed E-state index contributed by atoms with van der Waals surface area (Å²) < 4.78 is 4.89. The molecule has 1 amide bonds. The number of carbonyl (C=O) groups excluding carboxylic acids is 2. The molecule has 0 aliphatic rings. The molecule has 4 nitrogen and oxygen atoms in total. The molecule has 0 spiro atoms. The summed E-state index contributed by atoms with van der Waals surface area (Å²) >= 11 is 3.24. The second-order valence-electron chi connectivity index (χ2n) is 4.10. The predicted octanol–water partition coefficient (Wildman–Crippen LogP) is 2.36. The van der Waals surface area contributed by atoms with Gasteiger partial charge in [-0.05, 0) is 19.4 Å². The van der Waals surface area contributed by atoms with E-state index in [9.17, 15) is 9.59 Å². The van der Waals surface area contributed by atoms with E-state index in [4.69, 9.17) is 4.74 Å². The molecule has 0 heterocycles. The van der Waals surface area contributed by atoms with E-state index >= 15 is 0 Å². The Hall–Kier alpha value is -1.36. The molecule has 1 rings (SSSR count). The number of nitrogens with zero attached hydrogens (tertiary/aromatic N) is 1. The zero-order chi connectivity index (χ0) is 14.3. The van der Waals surface area contributed by atoms with Crippen LogP contribution in [0.1, 0.15) is 19.4 Å². The number of amides is 1. The Morgan fingerprint density at radius 2 is 1.95 bits per heavy atom.